The minimum Gasteiger partial charge on any atom is -0.382 e. The van der Waals surface area contributed by atoms with Crippen LogP contribution >= 0.6 is 0 Å². The molecule has 0 aromatic heterocycles. The Hall–Kier alpha value is -0.980. The second kappa shape index (κ2) is 4.81. The number of anilines is 1. The van der Waals surface area contributed by atoms with Crippen LogP contribution in [0.1, 0.15) is 19.8 Å². The lowest BCUT2D eigenvalue weighted by Gasteiger charge is -2.15. The summed E-state index contributed by atoms with van der Waals surface area (Å²) in [5, 5.41) is 3.42. The van der Waals surface area contributed by atoms with Crippen LogP contribution < -0.4 is 5.32 Å². The predicted molar refractivity (Wildman–Crippen MR) is 54.1 cm³/mol. The zero-order valence-electron chi connectivity index (χ0n) is 7.59. The van der Waals surface area contributed by atoms with Crippen LogP contribution in [0.5, 0.6) is 0 Å². The van der Waals surface area contributed by atoms with E-state index in [4.69, 9.17) is 0 Å². The molecule has 1 unspecified atom stereocenters. The van der Waals surface area contributed by atoms with Crippen molar-refractivity contribution < 1.29 is 0 Å². The maximum Gasteiger partial charge on any atom is 0.0342 e. The molecule has 65 valence electrons. The third kappa shape index (κ3) is 2.57. The number of hydrogen-bond acceptors (Lipinski definition) is 1. The van der Waals surface area contributed by atoms with E-state index in [9.17, 15) is 0 Å². The Balaban J connectivity index is 2.51. The Morgan fingerprint density at radius 2 is 2.00 bits per heavy atom. The van der Waals surface area contributed by atoms with Crippen molar-refractivity contribution in [3.8, 4) is 0 Å². The first-order valence-corrected chi connectivity index (χ1v) is 4.47. The second-order valence-electron chi connectivity index (χ2n) is 2.90. The predicted octanol–water partition coefficient (Wildman–Crippen LogP) is 3.10. The van der Waals surface area contributed by atoms with Crippen LogP contribution in [-0.4, -0.2) is 6.04 Å². The first-order chi connectivity index (χ1) is 5.86. The van der Waals surface area contributed by atoms with E-state index in [2.05, 4.69) is 31.3 Å². The van der Waals surface area contributed by atoms with Gasteiger partial charge in [-0.05, 0) is 25.0 Å². The van der Waals surface area contributed by atoms with Crippen LogP contribution in [0.25, 0.3) is 0 Å². The van der Waals surface area contributed by atoms with Crippen LogP contribution in [0.4, 0.5) is 5.69 Å². The Morgan fingerprint density at radius 3 is 2.50 bits per heavy atom. The molecule has 0 aliphatic rings. The molecule has 0 heterocycles. The fraction of sp³-hybridized carbons (Fsp3) is 0.364. The summed E-state index contributed by atoms with van der Waals surface area (Å²) in [6, 6.07) is 10.8. The molecule has 1 radical (unpaired) electrons. The molecule has 0 aliphatic carbocycles. The van der Waals surface area contributed by atoms with Crippen molar-refractivity contribution in [2.24, 2.45) is 0 Å². The van der Waals surface area contributed by atoms with Gasteiger partial charge >= 0.3 is 0 Å². The van der Waals surface area contributed by atoms with Gasteiger partial charge in [0.25, 0.3) is 0 Å². The Labute approximate surface area is 74.8 Å². The van der Waals surface area contributed by atoms with Crippen molar-refractivity contribution in [3.05, 3.63) is 37.3 Å². The first kappa shape index (κ1) is 9.11. The summed E-state index contributed by atoms with van der Waals surface area (Å²) in [5.74, 6) is 0. The summed E-state index contributed by atoms with van der Waals surface area (Å²) in [6.45, 7) is 6.06. The number of benzene rings is 1. The number of hydrogen-bond donors (Lipinski definition) is 1. The van der Waals surface area contributed by atoms with Gasteiger partial charge in [-0.2, -0.15) is 0 Å². The van der Waals surface area contributed by atoms with E-state index >= 15 is 0 Å². The Bertz CT molecular complexity index is 202. The van der Waals surface area contributed by atoms with Crippen molar-refractivity contribution >= 4 is 5.69 Å². The monoisotopic (exact) mass is 162 g/mol. The SMILES string of the molecule is [CH2]CC(CC)Nc1ccccc1. The van der Waals surface area contributed by atoms with Gasteiger partial charge in [0.2, 0.25) is 0 Å². The third-order valence-electron chi connectivity index (χ3n) is 1.99. The molecule has 12 heavy (non-hydrogen) atoms. The average Bonchev–Trinajstić information content (AvgIpc) is 2.16. The van der Waals surface area contributed by atoms with Gasteiger partial charge in [0.15, 0.2) is 0 Å². The van der Waals surface area contributed by atoms with E-state index in [0.717, 1.165) is 12.8 Å². The van der Waals surface area contributed by atoms with E-state index in [1.807, 2.05) is 18.2 Å². The van der Waals surface area contributed by atoms with Gasteiger partial charge < -0.3 is 5.32 Å². The summed E-state index contributed by atoms with van der Waals surface area (Å²) in [6.07, 6.45) is 2.06. The van der Waals surface area contributed by atoms with Crippen molar-refractivity contribution in [1.29, 1.82) is 0 Å². The molecule has 1 atom stereocenters. The standard InChI is InChI=1S/C11H16N/c1-3-10(4-2)12-11-8-6-5-7-9-11/h5-10,12H,1,3-4H2,2H3. The van der Waals surface area contributed by atoms with Crippen LogP contribution in [0.15, 0.2) is 30.3 Å². The van der Waals surface area contributed by atoms with Crippen LogP contribution in [0.2, 0.25) is 0 Å². The number of nitrogens with one attached hydrogen (secondary N) is 1. The summed E-state index contributed by atoms with van der Waals surface area (Å²) in [7, 11) is 0. The molecular formula is C11H16N. The smallest absolute Gasteiger partial charge is 0.0342 e. The molecule has 1 aromatic rings. The Kier molecular flexibility index (Phi) is 3.65. The quantitative estimate of drug-likeness (QED) is 0.717. The summed E-state index contributed by atoms with van der Waals surface area (Å²) in [5.41, 5.74) is 1.19. The topological polar surface area (TPSA) is 12.0 Å². The van der Waals surface area contributed by atoms with Crippen LogP contribution in [-0.2, 0) is 0 Å². The number of rotatable bonds is 4. The average molecular weight is 162 g/mol. The maximum absolute atomic E-state index is 3.89. The highest BCUT2D eigenvalue weighted by atomic mass is 14.9. The van der Waals surface area contributed by atoms with Gasteiger partial charge in [-0.15, -0.1) is 0 Å². The molecule has 0 fully saturated rings. The number of para-hydroxylation sites is 1. The van der Waals surface area contributed by atoms with Crippen LogP contribution in [0.3, 0.4) is 0 Å². The van der Waals surface area contributed by atoms with Crippen molar-refractivity contribution in [3.63, 3.8) is 0 Å². The van der Waals surface area contributed by atoms with Gasteiger partial charge in [-0.3, -0.25) is 0 Å². The highest BCUT2D eigenvalue weighted by molar-refractivity contribution is 5.43. The van der Waals surface area contributed by atoms with Crippen LogP contribution in [0, 0.1) is 6.92 Å². The minimum absolute atomic E-state index is 0.507. The largest absolute Gasteiger partial charge is 0.382 e. The minimum atomic E-state index is 0.507. The highest BCUT2D eigenvalue weighted by Crippen LogP contribution is 2.10. The van der Waals surface area contributed by atoms with Crippen molar-refractivity contribution in [2.45, 2.75) is 25.8 Å². The normalized spacial score (nSPS) is 10.2. The second-order valence-corrected chi connectivity index (χ2v) is 2.90. The lowest BCUT2D eigenvalue weighted by Crippen LogP contribution is -2.16. The molecule has 1 aromatic carbocycles. The summed E-state index contributed by atoms with van der Waals surface area (Å²) >= 11 is 0. The van der Waals surface area contributed by atoms with E-state index in [0.29, 0.717) is 6.04 Å². The van der Waals surface area contributed by atoms with Gasteiger partial charge in [0.05, 0.1) is 0 Å². The molecule has 0 spiro atoms. The molecule has 0 amide bonds. The molecule has 1 rings (SSSR count). The zero-order valence-corrected chi connectivity index (χ0v) is 7.59. The first-order valence-electron chi connectivity index (χ1n) is 4.47. The zero-order chi connectivity index (χ0) is 8.81. The van der Waals surface area contributed by atoms with Gasteiger partial charge in [0, 0.05) is 11.7 Å². The van der Waals surface area contributed by atoms with E-state index in [-0.39, 0.29) is 0 Å². The molecule has 1 N–H and O–H groups in total. The molecule has 1 nitrogen and oxygen atoms in total. The third-order valence-corrected chi connectivity index (χ3v) is 1.99. The van der Waals surface area contributed by atoms with Gasteiger partial charge in [-0.25, -0.2) is 0 Å². The fourth-order valence-electron chi connectivity index (χ4n) is 1.15. The molecule has 1 heteroatoms. The Morgan fingerprint density at radius 1 is 1.33 bits per heavy atom. The van der Waals surface area contributed by atoms with Gasteiger partial charge in [0.1, 0.15) is 0 Å². The molecule has 0 aliphatic heterocycles. The highest BCUT2D eigenvalue weighted by Gasteiger charge is 2.00. The molecule has 0 saturated heterocycles. The molecular weight excluding hydrogens is 146 g/mol. The van der Waals surface area contributed by atoms with Crippen molar-refractivity contribution in [1.82, 2.24) is 0 Å². The van der Waals surface area contributed by atoms with Crippen molar-refractivity contribution in [2.75, 3.05) is 5.32 Å². The summed E-state index contributed by atoms with van der Waals surface area (Å²) < 4.78 is 0. The lowest BCUT2D eigenvalue weighted by molar-refractivity contribution is 0.703. The van der Waals surface area contributed by atoms with E-state index in [1.165, 1.54) is 5.69 Å². The fourth-order valence-corrected chi connectivity index (χ4v) is 1.15. The molecule has 0 bridgehead atoms. The summed E-state index contributed by atoms with van der Waals surface area (Å²) in [4.78, 5) is 0. The lowest BCUT2D eigenvalue weighted by atomic mass is 10.1. The van der Waals surface area contributed by atoms with Gasteiger partial charge in [-0.1, -0.05) is 32.0 Å². The maximum atomic E-state index is 3.89. The van der Waals surface area contributed by atoms with E-state index in [1.54, 1.807) is 0 Å². The van der Waals surface area contributed by atoms with E-state index < -0.39 is 0 Å². The molecule has 0 saturated carbocycles.